The molecule has 1 aliphatic rings. The molecular formula is C18H12KNO4. The van der Waals surface area contributed by atoms with E-state index in [1.165, 1.54) is 6.07 Å². The first-order valence-corrected chi connectivity index (χ1v) is 7.14. The topological polar surface area (TPSA) is 71.5 Å². The van der Waals surface area contributed by atoms with E-state index in [1.807, 2.05) is 25.1 Å². The molecule has 2 heterocycles. The third-order valence-corrected chi connectivity index (χ3v) is 3.85. The summed E-state index contributed by atoms with van der Waals surface area (Å²) >= 11 is 0. The van der Waals surface area contributed by atoms with Crippen molar-refractivity contribution in [3.63, 3.8) is 0 Å². The van der Waals surface area contributed by atoms with Gasteiger partial charge in [0.05, 0.1) is 17.2 Å². The minimum atomic E-state index is -1.22. The van der Waals surface area contributed by atoms with Crippen molar-refractivity contribution in [1.29, 1.82) is 0 Å². The van der Waals surface area contributed by atoms with Gasteiger partial charge in [0.25, 0.3) is 0 Å². The summed E-state index contributed by atoms with van der Waals surface area (Å²) in [6.45, 7) is 2.09. The van der Waals surface area contributed by atoms with Crippen molar-refractivity contribution < 1.29 is 70.8 Å². The van der Waals surface area contributed by atoms with Crippen molar-refractivity contribution in [3.05, 3.63) is 53.6 Å². The summed E-state index contributed by atoms with van der Waals surface area (Å²) in [5.74, 6) is 0.0820. The van der Waals surface area contributed by atoms with Crippen molar-refractivity contribution in [2.75, 3.05) is 6.79 Å². The summed E-state index contributed by atoms with van der Waals surface area (Å²) in [5.41, 5.74) is 3.03. The molecule has 24 heavy (non-hydrogen) atoms. The number of hydrogen-bond acceptors (Lipinski definition) is 5. The Kier molecular flexibility index (Phi) is 4.94. The fourth-order valence-corrected chi connectivity index (χ4v) is 2.71. The molecule has 6 heteroatoms. The number of aromatic carboxylic acids is 1. The molecule has 1 aliphatic heterocycles. The van der Waals surface area contributed by atoms with Crippen molar-refractivity contribution in [2.45, 2.75) is 6.92 Å². The van der Waals surface area contributed by atoms with Gasteiger partial charge >= 0.3 is 51.4 Å². The second-order valence-electron chi connectivity index (χ2n) is 5.43. The number of benzene rings is 2. The maximum absolute atomic E-state index is 11.5. The van der Waals surface area contributed by atoms with Crippen LogP contribution < -0.4 is 66.0 Å². The predicted molar refractivity (Wildman–Crippen MR) is 82.4 cm³/mol. The molecule has 5 nitrogen and oxygen atoms in total. The third-order valence-electron chi connectivity index (χ3n) is 3.85. The van der Waals surface area contributed by atoms with Crippen LogP contribution in [0.25, 0.3) is 22.2 Å². The average Bonchev–Trinajstić information content (AvgIpc) is 3.01. The van der Waals surface area contributed by atoms with Crippen LogP contribution in [0, 0.1) is 6.92 Å². The van der Waals surface area contributed by atoms with E-state index >= 15 is 0 Å². The molecule has 0 saturated heterocycles. The predicted octanol–water partition coefficient (Wildman–Crippen LogP) is -0.694. The minimum absolute atomic E-state index is 0. The van der Waals surface area contributed by atoms with Crippen LogP contribution in [0.5, 0.6) is 11.5 Å². The maximum atomic E-state index is 11.5. The number of ether oxygens (including phenoxy) is 2. The Morgan fingerprint density at radius 2 is 1.88 bits per heavy atom. The molecular weight excluding hydrogens is 333 g/mol. The standard InChI is InChI=1S/C18H13NO4.K/c1-10-2-4-14-12(6-10)13(18(20)21)8-15(19-14)11-3-5-16-17(7-11)23-9-22-16;/h2-8H,9H2,1H3,(H,20,21);/q;+1/p-1. The van der Waals surface area contributed by atoms with E-state index in [0.29, 0.717) is 28.1 Å². The van der Waals surface area contributed by atoms with Gasteiger partial charge < -0.3 is 19.4 Å². The third kappa shape index (κ3) is 3.08. The van der Waals surface area contributed by atoms with E-state index in [0.717, 1.165) is 11.1 Å². The van der Waals surface area contributed by atoms with Gasteiger partial charge in [0.15, 0.2) is 11.5 Å². The summed E-state index contributed by atoms with van der Waals surface area (Å²) in [5, 5.41) is 12.1. The van der Waals surface area contributed by atoms with E-state index in [2.05, 4.69) is 4.98 Å². The molecule has 1 aromatic heterocycles. The van der Waals surface area contributed by atoms with Crippen LogP contribution in [0.15, 0.2) is 42.5 Å². The van der Waals surface area contributed by atoms with E-state index in [1.54, 1.807) is 18.2 Å². The van der Waals surface area contributed by atoms with E-state index < -0.39 is 5.97 Å². The number of aromatic nitrogens is 1. The molecule has 0 aliphatic carbocycles. The molecule has 114 valence electrons. The van der Waals surface area contributed by atoms with E-state index in [-0.39, 0.29) is 63.7 Å². The van der Waals surface area contributed by atoms with E-state index in [9.17, 15) is 9.90 Å². The number of fused-ring (bicyclic) bond motifs is 2. The molecule has 0 unspecified atom stereocenters. The van der Waals surface area contributed by atoms with Crippen LogP contribution in [0.1, 0.15) is 15.9 Å². The van der Waals surface area contributed by atoms with Gasteiger partial charge in [0.2, 0.25) is 6.79 Å². The zero-order valence-corrected chi connectivity index (χ0v) is 16.5. The Morgan fingerprint density at radius 3 is 2.67 bits per heavy atom. The van der Waals surface area contributed by atoms with Crippen molar-refractivity contribution >= 4 is 16.9 Å². The number of carbonyl (C=O) groups is 1. The molecule has 4 rings (SSSR count). The fourth-order valence-electron chi connectivity index (χ4n) is 2.71. The number of carboxylic acid groups (broad SMARTS) is 1. The fraction of sp³-hybridized carbons (Fsp3) is 0.111. The van der Waals surface area contributed by atoms with Gasteiger partial charge in [-0.3, -0.25) is 0 Å². The molecule has 0 bridgehead atoms. The van der Waals surface area contributed by atoms with Crippen LogP contribution in [0.4, 0.5) is 0 Å². The van der Waals surface area contributed by atoms with Crippen molar-refractivity contribution in [1.82, 2.24) is 4.98 Å². The molecule has 2 aromatic carbocycles. The summed E-state index contributed by atoms with van der Waals surface area (Å²) in [6, 6.07) is 12.5. The SMILES string of the molecule is Cc1ccc2nc(-c3ccc4c(c3)OCO4)cc(C(=O)[O-])c2c1.[K+]. The van der Waals surface area contributed by atoms with Gasteiger partial charge in [-0.05, 0) is 43.3 Å². The van der Waals surface area contributed by atoms with Crippen molar-refractivity contribution in [3.8, 4) is 22.8 Å². The smallest absolute Gasteiger partial charge is 0.545 e. The van der Waals surface area contributed by atoms with E-state index in [4.69, 9.17) is 9.47 Å². The molecule has 0 saturated carbocycles. The van der Waals surface area contributed by atoms with Gasteiger partial charge in [-0.25, -0.2) is 4.98 Å². The second-order valence-corrected chi connectivity index (χ2v) is 5.43. The first-order valence-electron chi connectivity index (χ1n) is 7.14. The van der Waals surface area contributed by atoms with Gasteiger partial charge in [-0.1, -0.05) is 11.6 Å². The molecule has 3 aromatic rings. The first kappa shape index (κ1) is 17.4. The zero-order chi connectivity index (χ0) is 16.0. The summed E-state index contributed by atoms with van der Waals surface area (Å²) in [7, 11) is 0. The number of pyridine rings is 1. The van der Waals surface area contributed by atoms with Crippen LogP contribution in [0.2, 0.25) is 0 Å². The Morgan fingerprint density at radius 1 is 1.08 bits per heavy atom. The number of nitrogens with zero attached hydrogens (tertiary/aromatic N) is 1. The summed E-state index contributed by atoms with van der Waals surface area (Å²) in [4.78, 5) is 16.1. The number of carbonyl (C=O) groups excluding carboxylic acids is 1. The van der Waals surface area contributed by atoms with Gasteiger partial charge in [0, 0.05) is 16.5 Å². The van der Waals surface area contributed by atoms with Crippen LogP contribution in [-0.2, 0) is 0 Å². The van der Waals surface area contributed by atoms with Gasteiger partial charge in [0.1, 0.15) is 0 Å². The van der Waals surface area contributed by atoms with Crippen molar-refractivity contribution in [2.24, 2.45) is 0 Å². The summed E-state index contributed by atoms with van der Waals surface area (Å²) in [6.07, 6.45) is 0. The van der Waals surface area contributed by atoms with Crippen LogP contribution in [-0.4, -0.2) is 17.7 Å². The Balaban J connectivity index is 0.00000169. The average molecular weight is 345 g/mol. The van der Waals surface area contributed by atoms with Crippen LogP contribution >= 0.6 is 0 Å². The number of hydrogen-bond donors (Lipinski definition) is 0. The molecule has 0 spiro atoms. The van der Waals surface area contributed by atoms with Gasteiger partial charge in [-0.15, -0.1) is 0 Å². The molecule has 0 atom stereocenters. The quantitative estimate of drug-likeness (QED) is 0.575. The zero-order valence-electron chi connectivity index (χ0n) is 13.3. The molecule has 0 fully saturated rings. The minimum Gasteiger partial charge on any atom is -0.545 e. The normalized spacial score (nSPS) is 12.0. The monoisotopic (exact) mass is 345 g/mol. The molecule has 0 N–H and O–H groups in total. The largest absolute Gasteiger partial charge is 1.00 e. The van der Waals surface area contributed by atoms with Gasteiger partial charge in [-0.2, -0.15) is 0 Å². The Bertz CT molecular complexity index is 955. The summed E-state index contributed by atoms with van der Waals surface area (Å²) < 4.78 is 10.7. The Labute approximate surface area is 181 Å². The maximum Gasteiger partial charge on any atom is 1.00 e. The number of carboxylic acids is 1. The number of rotatable bonds is 2. The van der Waals surface area contributed by atoms with Crippen LogP contribution in [0.3, 0.4) is 0 Å². The first-order chi connectivity index (χ1) is 11.1. The molecule has 0 amide bonds. The molecule has 0 radical (unpaired) electrons. The Hall–Kier alpha value is -1.44. The second kappa shape index (κ2) is 6.82. The number of aryl methyl sites for hydroxylation is 1.